The molecule has 3 N–H and O–H groups in total. The molecule has 0 aromatic carbocycles. The van der Waals surface area contributed by atoms with Crippen molar-refractivity contribution < 1.29 is 38.8 Å². The second-order valence-electron chi connectivity index (χ2n) is 7.20. The highest BCUT2D eigenvalue weighted by Gasteiger charge is 2.42. The maximum absolute atomic E-state index is 14.3. The first-order chi connectivity index (χ1) is 14.2. The fourth-order valence-corrected chi connectivity index (χ4v) is 3.07. The number of aliphatic hydroxyl groups is 3. The van der Waals surface area contributed by atoms with Crippen molar-refractivity contribution in [1.82, 2.24) is 9.55 Å². The second kappa shape index (κ2) is 11.3. The molecule has 0 unspecified atom stereocenters. The van der Waals surface area contributed by atoms with Gasteiger partial charge in [0.15, 0.2) is 17.8 Å². The molecule has 0 bridgehead atoms. The van der Waals surface area contributed by atoms with Gasteiger partial charge >= 0.3 is 11.7 Å². The number of aliphatic hydroxyl groups excluding tert-OH is 3. The van der Waals surface area contributed by atoms with E-state index in [0.29, 0.717) is 19.3 Å². The zero-order valence-corrected chi connectivity index (χ0v) is 16.7. The molecule has 30 heavy (non-hydrogen) atoms. The van der Waals surface area contributed by atoms with E-state index >= 15 is 0 Å². The topological polar surface area (TPSA) is 148 Å². The summed E-state index contributed by atoms with van der Waals surface area (Å²) in [5, 5.41) is 28.3. The lowest BCUT2D eigenvalue weighted by Gasteiger charge is -2.17. The highest BCUT2D eigenvalue weighted by Crippen LogP contribution is 2.28. The zero-order chi connectivity index (χ0) is 22.3. The average molecular weight is 430 g/mol. The minimum atomic E-state index is -1.42. The number of aromatic nitrogens is 2. The van der Waals surface area contributed by atoms with Crippen LogP contribution in [-0.4, -0.2) is 68.1 Å². The molecule has 1 aromatic rings. The van der Waals surface area contributed by atoms with Gasteiger partial charge < -0.3 is 24.8 Å². The second-order valence-corrected chi connectivity index (χ2v) is 7.20. The zero-order valence-electron chi connectivity index (χ0n) is 16.7. The highest BCUT2D eigenvalue weighted by atomic mass is 19.1. The van der Waals surface area contributed by atoms with Crippen LogP contribution in [0, 0.1) is 5.82 Å². The number of carbonyl (C=O) groups is 2. The summed E-state index contributed by atoms with van der Waals surface area (Å²) < 4.78 is 25.3. The van der Waals surface area contributed by atoms with Gasteiger partial charge in [0.2, 0.25) is 0 Å². The van der Waals surface area contributed by atoms with Crippen LogP contribution in [0.3, 0.4) is 0 Å². The van der Waals surface area contributed by atoms with Gasteiger partial charge in [-0.3, -0.25) is 14.2 Å². The van der Waals surface area contributed by atoms with Gasteiger partial charge in [0.05, 0.1) is 24.8 Å². The summed E-state index contributed by atoms with van der Waals surface area (Å²) in [5.41, 5.74) is -1.31. The predicted octanol–water partition coefficient (Wildman–Crippen LogP) is -0.381. The lowest BCUT2D eigenvalue weighted by Crippen LogP contribution is -2.36. The van der Waals surface area contributed by atoms with Gasteiger partial charge in [-0.15, -0.1) is 0 Å². The molecule has 1 saturated heterocycles. The van der Waals surface area contributed by atoms with E-state index in [0.717, 1.165) is 23.6 Å². The van der Waals surface area contributed by atoms with Gasteiger partial charge in [-0.05, 0) is 19.8 Å². The lowest BCUT2D eigenvalue weighted by atomic mass is 10.1. The molecule has 0 spiro atoms. The molecule has 1 aliphatic rings. The van der Waals surface area contributed by atoms with Crippen LogP contribution in [0.5, 0.6) is 0 Å². The lowest BCUT2D eigenvalue weighted by molar-refractivity contribution is -0.143. The number of ether oxygens (including phenoxy) is 2. The van der Waals surface area contributed by atoms with Crippen LogP contribution >= 0.6 is 0 Å². The fraction of sp³-hybridized carbons (Fsp3) is 0.684. The number of Topliss-reactive ketones (excluding diaryl/α,β-unsaturated/α-hetero) is 1. The first-order valence-corrected chi connectivity index (χ1v) is 9.82. The van der Waals surface area contributed by atoms with E-state index in [1.165, 1.54) is 6.92 Å². The Bertz CT molecular complexity index is 799. The Morgan fingerprint density at radius 2 is 1.93 bits per heavy atom. The van der Waals surface area contributed by atoms with E-state index in [2.05, 4.69) is 4.98 Å². The van der Waals surface area contributed by atoms with E-state index < -0.39 is 55.0 Å². The van der Waals surface area contributed by atoms with Crippen molar-refractivity contribution in [3.63, 3.8) is 0 Å². The summed E-state index contributed by atoms with van der Waals surface area (Å²) in [6.45, 7) is 1.16. The molecule has 0 saturated carbocycles. The van der Waals surface area contributed by atoms with Crippen molar-refractivity contribution in [2.45, 2.75) is 70.0 Å². The molecule has 1 aliphatic heterocycles. The van der Waals surface area contributed by atoms with Gasteiger partial charge in [0, 0.05) is 12.6 Å². The Balaban J connectivity index is 1.81. The smallest absolute Gasteiger partial charge is 0.350 e. The van der Waals surface area contributed by atoms with Crippen LogP contribution in [-0.2, 0) is 25.5 Å². The van der Waals surface area contributed by atoms with E-state index in [-0.39, 0.29) is 18.1 Å². The summed E-state index contributed by atoms with van der Waals surface area (Å²) in [4.78, 5) is 38.5. The molecule has 4 atom stereocenters. The third kappa shape index (κ3) is 6.39. The standard InChI is InChI=1S/C19H27FN2O8/c1-11-16(26)17(27)18(30-11)22-9-13(20)14(21-19(22)28)8-15(25)29-7-5-3-2-4-6-12(24)10-23/h9,11,16-18,23,26-27H,2-8,10H2,1H3/t11-,16-,17-,18-/m1/s1. The van der Waals surface area contributed by atoms with E-state index in [1.807, 2.05) is 0 Å². The first-order valence-electron chi connectivity index (χ1n) is 9.82. The normalized spacial score (nSPS) is 23.5. The third-order valence-corrected chi connectivity index (χ3v) is 4.83. The molecule has 2 rings (SSSR count). The Morgan fingerprint density at radius 1 is 1.23 bits per heavy atom. The van der Waals surface area contributed by atoms with Gasteiger partial charge in [-0.25, -0.2) is 9.18 Å². The number of halogens is 1. The molecule has 1 aromatic heterocycles. The number of esters is 1. The van der Waals surface area contributed by atoms with E-state index in [4.69, 9.17) is 14.6 Å². The number of unbranched alkanes of at least 4 members (excludes halogenated alkanes) is 3. The summed E-state index contributed by atoms with van der Waals surface area (Å²) in [6, 6.07) is 0. The number of carbonyl (C=O) groups excluding carboxylic acids is 2. The van der Waals surface area contributed by atoms with Crippen LogP contribution in [0.15, 0.2) is 11.0 Å². The van der Waals surface area contributed by atoms with Crippen LogP contribution in [0.25, 0.3) is 0 Å². The molecule has 11 heteroatoms. The van der Waals surface area contributed by atoms with Gasteiger partial charge in [-0.1, -0.05) is 12.8 Å². The summed E-state index contributed by atoms with van der Waals surface area (Å²) in [7, 11) is 0. The summed E-state index contributed by atoms with van der Waals surface area (Å²) in [6.07, 6.45) is -1.42. The molecule has 168 valence electrons. The summed E-state index contributed by atoms with van der Waals surface area (Å²) in [5.74, 6) is -1.89. The fourth-order valence-electron chi connectivity index (χ4n) is 3.07. The monoisotopic (exact) mass is 430 g/mol. The maximum Gasteiger partial charge on any atom is 0.350 e. The van der Waals surface area contributed by atoms with Crippen molar-refractivity contribution in [3.05, 3.63) is 28.2 Å². The van der Waals surface area contributed by atoms with Crippen LogP contribution in [0.2, 0.25) is 0 Å². The minimum absolute atomic E-state index is 0.114. The summed E-state index contributed by atoms with van der Waals surface area (Å²) >= 11 is 0. The third-order valence-electron chi connectivity index (χ3n) is 4.83. The van der Waals surface area contributed by atoms with E-state index in [1.54, 1.807) is 0 Å². The van der Waals surface area contributed by atoms with E-state index in [9.17, 15) is 29.0 Å². The largest absolute Gasteiger partial charge is 0.465 e. The van der Waals surface area contributed by atoms with Gasteiger partial charge in [-0.2, -0.15) is 4.98 Å². The van der Waals surface area contributed by atoms with Crippen molar-refractivity contribution in [3.8, 4) is 0 Å². The molecule has 0 aliphatic carbocycles. The minimum Gasteiger partial charge on any atom is -0.465 e. The number of ketones is 1. The Hall–Kier alpha value is -2.21. The van der Waals surface area contributed by atoms with Crippen molar-refractivity contribution in [1.29, 1.82) is 0 Å². The Morgan fingerprint density at radius 3 is 2.57 bits per heavy atom. The number of hydrogen-bond donors (Lipinski definition) is 3. The van der Waals surface area contributed by atoms with Crippen molar-refractivity contribution in [2.24, 2.45) is 0 Å². The maximum atomic E-state index is 14.3. The molecule has 10 nitrogen and oxygen atoms in total. The molecular formula is C19H27FN2O8. The predicted molar refractivity (Wildman–Crippen MR) is 99.9 cm³/mol. The molecule has 2 heterocycles. The highest BCUT2D eigenvalue weighted by molar-refractivity contribution is 5.79. The Labute approximate surface area is 172 Å². The molecule has 0 amide bonds. The quantitative estimate of drug-likeness (QED) is 0.315. The number of nitrogens with zero attached hydrogens (tertiary/aromatic N) is 2. The van der Waals surface area contributed by atoms with Crippen LogP contribution in [0.4, 0.5) is 4.39 Å². The van der Waals surface area contributed by atoms with Gasteiger partial charge in [0.1, 0.15) is 18.8 Å². The molecule has 1 fully saturated rings. The van der Waals surface area contributed by atoms with Crippen LogP contribution in [0.1, 0.15) is 50.9 Å². The molecular weight excluding hydrogens is 403 g/mol. The Kier molecular flexibility index (Phi) is 9.03. The SMILES string of the molecule is C[C@H]1O[C@@H](n2cc(F)c(CC(=O)OCCCCCCC(=O)CO)nc2=O)[C@H](O)[C@@H]1O. The van der Waals surface area contributed by atoms with Crippen molar-refractivity contribution >= 4 is 11.8 Å². The number of rotatable bonds is 11. The first kappa shape index (κ1) is 24.1. The van der Waals surface area contributed by atoms with Gasteiger partial charge in [0.25, 0.3) is 0 Å². The van der Waals surface area contributed by atoms with Crippen molar-refractivity contribution in [2.75, 3.05) is 13.2 Å². The van der Waals surface area contributed by atoms with Crippen LogP contribution < -0.4 is 5.69 Å². The number of hydrogen-bond acceptors (Lipinski definition) is 9. The average Bonchev–Trinajstić information content (AvgIpc) is 2.96. The molecule has 0 radical (unpaired) electrons.